The maximum atomic E-state index is 13.4. The second kappa shape index (κ2) is 8.87. The highest BCUT2D eigenvalue weighted by molar-refractivity contribution is 7.87. The predicted molar refractivity (Wildman–Crippen MR) is 119 cm³/mol. The summed E-state index contributed by atoms with van der Waals surface area (Å²) in [5, 5.41) is 0. The molecule has 0 atom stereocenters. The van der Waals surface area contributed by atoms with E-state index in [1.165, 1.54) is 55.7 Å². The van der Waals surface area contributed by atoms with Crippen LogP contribution in [0.3, 0.4) is 0 Å². The van der Waals surface area contributed by atoms with Gasteiger partial charge in [-0.2, -0.15) is 8.42 Å². The number of carbonyl (C=O) groups excluding carboxylic acids is 1. The number of hydrogen-bond donors (Lipinski definition) is 0. The Hall–Kier alpha value is -3.98. The topological polar surface area (TPSA) is 91.3 Å². The number of benzene rings is 3. The van der Waals surface area contributed by atoms with Crippen LogP contribution >= 0.6 is 0 Å². The molecule has 0 N–H and O–H groups in total. The number of nitrogens with zero attached hydrogens (tertiary/aromatic N) is 1. The van der Waals surface area contributed by atoms with Gasteiger partial charge in [-0.15, -0.1) is 0 Å². The Morgan fingerprint density at radius 1 is 1.00 bits per heavy atom. The summed E-state index contributed by atoms with van der Waals surface area (Å²) < 4.78 is 54.3. The molecule has 0 radical (unpaired) electrons. The van der Waals surface area contributed by atoms with Crippen LogP contribution in [0.25, 0.3) is 6.08 Å². The van der Waals surface area contributed by atoms with E-state index in [-0.39, 0.29) is 28.0 Å². The van der Waals surface area contributed by atoms with Crippen LogP contribution in [0.15, 0.2) is 82.3 Å². The van der Waals surface area contributed by atoms with E-state index < -0.39 is 21.9 Å². The minimum absolute atomic E-state index is 0.00254. The molecule has 4 rings (SSSR count). The van der Waals surface area contributed by atoms with E-state index in [0.717, 1.165) is 5.56 Å². The molecule has 33 heavy (non-hydrogen) atoms. The number of rotatable bonds is 6. The fourth-order valence-electron chi connectivity index (χ4n) is 3.03. The van der Waals surface area contributed by atoms with Gasteiger partial charge in [-0.25, -0.2) is 14.2 Å². The van der Waals surface area contributed by atoms with Crippen LogP contribution in [0.2, 0.25) is 0 Å². The van der Waals surface area contributed by atoms with Crippen molar-refractivity contribution in [1.29, 1.82) is 0 Å². The van der Waals surface area contributed by atoms with Gasteiger partial charge in [-0.1, -0.05) is 29.8 Å². The summed E-state index contributed by atoms with van der Waals surface area (Å²) in [4.78, 5) is 16.3. The Kier molecular flexibility index (Phi) is 5.97. The van der Waals surface area contributed by atoms with Crippen molar-refractivity contribution in [3.05, 3.63) is 94.9 Å². The van der Waals surface area contributed by atoms with Crippen LogP contribution in [0, 0.1) is 12.7 Å². The number of aliphatic imine (C=N–C) groups is 1. The average Bonchev–Trinajstić information content (AvgIpc) is 3.15. The second-order valence-corrected chi connectivity index (χ2v) is 8.65. The summed E-state index contributed by atoms with van der Waals surface area (Å²) in [6.45, 7) is 1.85. The van der Waals surface area contributed by atoms with Gasteiger partial charge in [-0.05, 0) is 61.0 Å². The highest BCUT2D eigenvalue weighted by Gasteiger charge is 2.25. The van der Waals surface area contributed by atoms with Crippen LogP contribution in [0.4, 0.5) is 4.39 Å². The fraction of sp³-hybridized carbons (Fsp3) is 0.0833. The van der Waals surface area contributed by atoms with Gasteiger partial charge in [-0.3, -0.25) is 0 Å². The molecule has 7 nitrogen and oxygen atoms in total. The summed E-state index contributed by atoms with van der Waals surface area (Å²) in [6.07, 6.45) is 1.44. The summed E-state index contributed by atoms with van der Waals surface area (Å²) in [7, 11) is -2.71. The summed E-state index contributed by atoms with van der Waals surface area (Å²) >= 11 is 0. The first-order chi connectivity index (χ1) is 15.7. The zero-order valence-electron chi connectivity index (χ0n) is 17.6. The minimum Gasteiger partial charge on any atom is -0.493 e. The zero-order chi connectivity index (χ0) is 23.6. The van der Waals surface area contributed by atoms with Gasteiger partial charge in [0, 0.05) is 5.56 Å². The maximum absolute atomic E-state index is 13.4. The first kappa shape index (κ1) is 22.2. The molecule has 0 aromatic heterocycles. The Bertz CT molecular complexity index is 1390. The lowest BCUT2D eigenvalue weighted by Gasteiger charge is -2.11. The number of halogens is 1. The van der Waals surface area contributed by atoms with E-state index >= 15 is 0 Å². The van der Waals surface area contributed by atoms with Gasteiger partial charge in [0.25, 0.3) is 0 Å². The summed E-state index contributed by atoms with van der Waals surface area (Å²) in [6, 6.07) is 16.2. The number of carbonyl (C=O) groups is 1. The molecule has 0 fully saturated rings. The van der Waals surface area contributed by atoms with Crippen molar-refractivity contribution in [2.75, 3.05) is 7.11 Å². The number of cyclic esters (lactones) is 1. The van der Waals surface area contributed by atoms with Crippen molar-refractivity contribution >= 4 is 28.1 Å². The van der Waals surface area contributed by atoms with Crippen molar-refractivity contribution in [3.63, 3.8) is 0 Å². The molecule has 0 saturated heterocycles. The molecule has 3 aromatic carbocycles. The van der Waals surface area contributed by atoms with Crippen LogP contribution in [0.5, 0.6) is 11.5 Å². The molecule has 0 amide bonds. The zero-order valence-corrected chi connectivity index (χ0v) is 18.4. The first-order valence-electron chi connectivity index (χ1n) is 9.73. The lowest BCUT2D eigenvalue weighted by molar-refractivity contribution is -0.129. The molecular formula is C24H18FNO6S. The number of ether oxygens (including phenoxy) is 2. The standard InChI is InChI=1S/C24H18FNO6S/c1-15-6-9-19(10-7-15)33(28,29)32-21-11-8-16(13-22(21)30-2)12-20-24(27)31-23(26-20)17-4-3-5-18(25)14-17/h3-14H,1-2H3/b20-12-. The van der Waals surface area contributed by atoms with Gasteiger partial charge >= 0.3 is 16.1 Å². The highest BCUT2D eigenvalue weighted by Crippen LogP contribution is 2.32. The highest BCUT2D eigenvalue weighted by atomic mass is 32.2. The molecule has 0 aliphatic carbocycles. The van der Waals surface area contributed by atoms with Gasteiger partial charge < -0.3 is 13.7 Å². The van der Waals surface area contributed by atoms with E-state index in [9.17, 15) is 17.6 Å². The molecular weight excluding hydrogens is 449 g/mol. The third-order valence-corrected chi connectivity index (χ3v) is 5.94. The Balaban J connectivity index is 1.61. The minimum atomic E-state index is -4.07. The van der Waals surface area contributed by atoms with Crippen LogP contribution in [0.1, 0.15) is 16.7 Å². The fourth-order valence-corrected chi connectivity index (χ4v) is 3.97. The second-order valence-electron chi connectivity index (χ2n) is 7.11. The summed E-state index contributed by atoms with van der Waals surface area (Å²) in [5.74, 6) is -1.07. The molecule has 0 saturated carbocycles. The van der Waals surface area contributed by atoms with E-state index in [1.807, 2.05) is 6.92 Å². The van der Waals surface area contributed by atoms with Crippen LogP contribution < -0.4 is 8.92 Å². The summed E-state index contributed by atoms with van der Waals surface area (Å²) in [5.41, 5.74) is 1.73. The molecule has 3 aromatic rings. The van der Waals surface area contributed by atoms with Gasteiger partial charge in [0.15, 0.2) is 17.2 Å². The first-order valence-corrected chi connectivity index (χ1v) is 11.1. The largest absolute Gasteiger partial charge is 0.493 e. The van der Waals surface area contributed by atoms with Crippen molar-refractivity contribution in [2.45, 2.75) is 11.8 Å². The van der Waals surface area contributed by atoms with Crippen molar-refractivity contribution < 1.29 is 31.3 Å². The smallest absolute Gasteiger partial charge is 0.363 e. The van der Waals surface area contributed by atoms with Gasteiger partial charge in [0.2, 0.25) is 5.90 Å². The number of methoxy groups -OCH3 is 1. The SMILES string of the molecule is COc1cc(/C=C2\N=C(c3cccc(F)c3)OC2=O)ccc1OS(=O)(=O)c1ccc(C)cc1. The lowest BCUT2D eigenvalue weighted by Crippen LogP contribution is -2.10. The van der Waals surface area contributed by atoms with Crippen LogP contribution in [-0.4, -0.2) is 27.4 Å². The average molecular weight is 467 g/mol. The Labute approximate surface area is 189 Å². The molecule has 1 aliphatic rings. The Morgan fingerprint density at radius 2 is 1.76 bits per heavy atom. The quantitative estimate of drug-likeness (QED) is 0.306. The Morgan fingerprint density at radius 3 is 2.45 bits per heavy atom. The number of aryl methyl sites for hydroxylation is 1. The predicted octanol–water partition coefficient (Wildman–Crippen LogP) is 4.25. The third-order valence-electron chi connectivity index (χ3n) is 4.69. The molecule has 1 heterocycles. The maximum Gasteiger partial charge on any atom is 0.363 e. The monoisotopic (exact) mass is 467 g/mol. The molecule has 0 unspecified atom stereocenters. The molecule has 0 spiro atoms. The molecule has 1 aliphatic heterocycles. The third kappa shape index (κ3) is 4.93. The molecule has 9 heteroatoms. The van der Waals surface area contributed by atoms with Crippen LogP contribution in [-0.2, 0) is 19.6 Å². The van der Waals surface area contributed by atoms with E-state index in [2.05, 4.69) is 4.99 Å². The number of esters is 1. The van der Waals surface area contributed by atoms with E-state index in [4.69, 9.17) is 13.7 Å². The molecule has 168 valence electrons. The van der Waals surface area contributed by atoms with Crippen molar-refractivity contribution in [2.24, 2.45) is 4.99 Å². The van der Waals surface area contributed by atoms with Crippen molar-refractivity contribution in [3.8, 4) is 11.5 Å². The van der Waals surface area contributed by atoms with Gasteiger partial charge in [0.05, 0.1) is 7.11 Å². The molecule has 0 bridgehead atoms. The van der Waals surface area contributed by atoms with Gasteiger partial charge in [0.1, 0.15) is 10.7 Å². The van der Waals surface area contributed by atoms with E-state index in [0.29, 0.717) is 11.1 Å². The van der Waals surface area contributed by atoms with Crippen molar-refractivity contribution in [1.82, 2.24) is 0 Å². The normalized spacial score (nSPS) is 14.7. The van der Waals surface area contributed by atoms with E-state index in [1.54, 1.807) is 24.3 Å². The number of hydrogen-bond acceptors (Lipinski definition) is 7. The lowest BCUT2D eigenvalue weighted by atomic mass is 10.1.